The summed E-state index contributed by atoms with van der Waals surface area (Å²) in [5.74, 6) is -1.49. The zero-order valence-corrected chi connectivity index (χ0v) is 19.5. The summed E-state index contributed by atoms with van der Waals surface area (Å²) in [6, 6.07) is 18.1. The van der Waals surface area contributed by atoms with Crippen LogP contribution in [0.1, 0.15) is 33.2 Å². The molecule has 3 aromatic carbocycles. The number of nitrogens with zero attached hydrogens (tertiary/aromatic N) is 1. The van der Waals surface area contributed by atoms with Gasteiger partial charge in [-0.05, 0) is 55.0 Å². The Labute approximate surface area is 206 Å². The van der Waals surface area contributed by atoms with Crippen molar-refractivity contribution in [2.75, 3.05) is 19.0 Å². The maximum absolute atomic E-state index is 13.1. The zero-order valence-electron chi connectivity index (χ0n) is 19.5. The number of ether oxygens (including phenoxy) is 2. The summed E-state index contributed by atoms with van der Waals surface area (Å²) in [6.45, 7) is 1.93. The van der Waals surface area contributed by atoms with Crippen LogP contribution in [0.15, 0.2) is 78.5 Å². The number of nitro benzene ring substituents is 1. The number of hydrogen-bond acceptors (Lipinski definition) is 7. The number of rotatable bonds is 9. The largest absolute Gasteiger partial charge is 0.496 e. The van der Waals surface area contributed by atoms with Gasteiger partial charge in [-0.25, -0.2) is 4.79 Å². The Morgan fingerprint density at radius 1 is 1.00 bits per heavy atom. The van der Waals surface area contributed by atoms with Gasteiger partial charge in [0.2, 0.25) is 0 Å². The lowest BCUT2D eigenvalue weighted by Crippen LogP contribution is -2.31. The van der Waals surface area contributed by atoms with E-state index in [0.29, 0.717) is 22.6 Å². The van der Waals surface area contributed by atoms with E-state index >= 15 is 0 Å². The van der Waals surface area contributed by atoms with Gasteiger partial charge in [-0.2, -0.15) is 0 Å². The standard InChI is InChI=1S/C26H23N3O7/c1-3-36-26(32)18-11-13-19(14-12-18)27-25(31)22(16-17-7-6-8-20(15-17)29(33)34)28-24(30)21-9-4-5-10-23(21)35-2/h4-16H,3H2,1-2H3,(H,27,31)(H,28,30). The van der Waals surface area contributed by atoms with Crippen LogP contribution in [0.5, 0.6) is 5.75 Å². The Morgan fingerprint density at radius 2 is 1.72 bits per heavy atom. The molecule has 10 nitrogen and oxygen atoms in total. The molecule has 0 fully saturated rings. The molecule has 0 atom stereocenters. The van der Waals surface area contributed by atoms with Crippen LogP contribution in [0.25, 0.3) is 6.08 Å². The lowest BCUT2D eigenvalue weighted by Gasteiger charge is -2.13. The summed E-state index contributed by atoms with van der Waals surface area (Å²) in [6.07, 6.45) is 1.32. The lowest BCUT2D eigenvalue weighted by atomic mass is 10.1. The second-order valence-electron chi connectivity index (χ2n) is 7.32. The highest BCUT2D eigenvalue weighted by Crippen LogP contribution is 2.20. The quantitative estimate of drug-likeness (QED) is 0.199. The third-order valence-electron chi connectivity index (χ3n) is 4.89. The van der Waals surface area contributed by atoms with E-state index in [2.05, 4.69) is 10.6 Å². The number of benzene rings is 3. The second kappa shape index (κ2) is 11.9. The van der Waals surface area contributed by atoms with Crippen LogP contribution in [0.2, 0.25) is 0 Å². The Balaban J connectivity index is 1.91. The average molecular weight is 489 g/mol. The first-order valence-electron chi connectivity index (χ1n) is 10.8. The molecule has 0 saturated carbocycles. The highest BCUT2D eigenvalue weighted by molar-refractivity contribution is 6.11. The Kier molecular flexibility index (Phi) is 8.49. The third-order valence-corrected chi connectivity index (χ3v) is 4.89. The molecule has 0 aliphatic carbocycles. The molecule has 0 heterocycles. The SMILES string of the molecule is CCOC(=O)c1ccc(NC(=O)C(=Cc2cccc([N+](=O)[O-])c2)NC(=O)c2ccccc2OC)cc1. The van der Waals surface area contributed by atoms with E-state index < -0.39 is 22.7 Å². The van der Waals surface area contributed by atoms with Crippen LogP contribution < -0.4 is 15.4 Å². The van der Waals surface area contributed by atoms with Gasteiger partial charge in [-0.3, -0.25) is 19.7 Å². The van der Waals surface area contributed by atoms with Crippen LogP contribution in [0.3, 0.4) is 0 Å². The van der Waals surface area contributed by atoms with Crippen LogP contribution >= 0.6 is 0 Å². The Hall–Kier alpha value is -4.99. The predicted octanol–water partition coefficient (Wildman–Crippen LogP) is 4.19. The molecule has 10 heteroatoms. The van der Waals surface area contributed by atoms with Crippen LogP contribution in [-0.4, -0.2) is 36.4 Å². The summed E-state index contributed by atoms with van der Waals surface area (Å²) in [5, 5.41) is 16.4. The fourth-order valence-corrected chi connectivity index (χ4v) is 3.18. The molecule has 3 aromatic rings. The minimum atomic E-state index is -0.686. The number of carbonyl (C=O) groups excluding carboxylic acids is 3. The fourth-order valence-electron chi connectivity index (χ4n) is 3.18. The molecule has 2 N–H and O–H groups in total. The Bertz CT molecular complexity index is 1320. The molecule has 0 bridgehead atoms. The van der Waals surface area contributed by atoms with Gasteiger partial charge >= 0.3 is 5.97 Å². The van der Waals surface area contributed by atoms with Crippen molar-refractivity contribution in [2.45, 2.75) is 6.92 Å². The van der Waals surface area contributed by atoms with E-state index in [9.17, 15) is 24.5 Å². The van der Waals surface area contributed by atoms with E-state index in [0.717, 1.165) is 0 Å². The number of non-ortho nitro benzene ring substituents is 1. The molecular weight excluding hydrogens is 466 g/mol. The monoisotopic (exact) mass is 489 g/mol. The first-order valence-corrected chi connectivity index (χ1v) is 10.8. The van der Waals surface area contributed by atoms with Gasteiger partial charge in [0.1, 0.15) is 11.4 Å². The normalized spacial score (nSPS) is 10.8. The first kappa shape index (κ1) is 25.6. The van der Waals surface area contributed by atoms with Crippen LogP contribution in [0, 0.1) is 10.1 Å². The van der Waals surface area contributed by atoms with E-state index in [1.165, 1.54) is 61.7 Å². The molecule has 0 saturated heterocycles. The van der Waals surface area contributed by atoms with Crippen LogP contribution in [-0.2, 0) is 9.53 Å². The number of esters is 1. The number of nitro groups is 1. The number of para-hydroxylation sites is 1. The van der Waals surface area contributed by atoms with Crippen molar-refractivity contribution in [3.05, 3.63) is 105 Å². The van der Waals surface area contributed by atoms with Gasteiger partial charge in [0.15, 0.2) is 0 Å². The van der Waals surface area contributed by atoms with Crippen molar-refractivity contribution in [1.29, 1.82) is 0 Å². The van der Waals surface area contributed by atoms with E-state index in [1.54, 1.807) is 31.2 Å². The number of methoxy groups -OCH3 is 1. The van der Waals surface area contributed by atoms with Crippen molar-refractivity contribution in [2.24, 2.45) is 0 Å². The van der Waals surface area contributed by atoms with Gasteiger partial charge < -0.3 is 20.1 Å². The molecule has 0 unspecified atom stereocenters. The maximum atomic E-state index is 13.1. The number of nitrogens with one attached hydrogen (secondary N) is 2. The lowest BCUT2D eigenvalue weighted by molar-refractivity contribution is -0.384. The molecule has 0 aromatic heterocycles. The zero-order chi connectivity index (χ0) is 26.1. The van der Waals surface area contributed by atoms with E-state index in [-0.39, 0.29) is 23.6 Å². The van der Waals surface area contributed by atoms with Gasteiger partial charge in [0, 0.05) is 17.8 Å². The molecule has 0 aliphatic heterocycles. The topological polar surface area (TPSA) is 137 Å². The molecule has 0 radical (unpaired) electrons. The highest BCUT2D eigenvalue weighted by Gasteiger charge is 2.18. The Morgan fingerprint density at radius 3 is 2.39 bits per heavy atom. The summed E-state index contributed by atoms with van der Waals surface area (Å²) in [4.78, 5) is 48.5. The minimum absolute atomic E-state index is 0.166. The third kappa shape index (κ3) is 6.54. The molecule has 184 valence electrons. The number of amides is 2. The fraction of sp³-hybridized carbons (Fsp3) is 0.115. The van der Waals surface area contributed by atoms with Gasteiger partial charge in [-0.15, -0.1) is 0 Å². The first-order chi connectivity index (χ1) is 17.3. The van der Waals surface area contributed by atoms with E-state index in [4.69, 9.17) is 9.47 Å². The van der Waals surface area contributed by atoms with Gasteiger partial charge in [0.05, 0.1) is 29.8 Å². The van der Waals surface area contributed by atoms with Crippen molar-refractivity contribution in [1.82, 2.24) is 5.32 Å². The molecular formula is C26H23N3O7. The summed E-state index contributed by atoms with van der Waals surface area (Å²) < 4.78 is 10.2. The van der Waals surface area contributed by atoms with Crippen molar-refractivity contribution in [3.63, 3.8) is 0 Å². The number of carbonyl (C=O) groups is 3. The molecule has 0 spiro atoms. The van der Waals surface area contributed by atoms with Gasteiger partial charge in [-0.1, -0.05) is 24.3 Å². The van der Waals surface area contributed by atoms with Gasteiger partial charge in [0.25, 0.3) is 17.5 Å². The maximum Gasteiger partial charge on any atom is 0.338 e. The predicted molar refractivity (Wildman–Crippen MR) is 133 cm³/mol. The summed E-state index contributed by atoms with van der Waals surface area (Å²) in [7, 11) is 1.42. The second-order valence-corrected chi connectivity index (χ2v) is 7.32. The molecule has 0 aliphatic rings. The molecule has 2 amide bonds. The van der Waals surface area contributed by atoms with Crippen LogP contribution in [0.4, 0.5) is 11.4 Å². The molecule has 36 heavy (non-hydrogen) atoms. The number of hydrogen-bond donors (Lipinski definition) is 2. The smallest absolute Gasteiger partial charge is 0.338 e. The molecule has 3 rings (SSSR count). The van der Waals surface area contributed by atoms with Crippen molar-refractivity contribution < 1.29 is 28.8 Å². The highest BCUT2D eigenvalue weighted by atomic mass is 16.6. The van der Waals surface area contributed by atoms with Crippen molar-refractivity contribution >= 4 is 35.2 Å². The van der Waals surface area contributed by atoms with Crippen molar-refractivity contribution in [3.8, 4) is 5.75 Å². The average Bonchev–Trinajstić information content (AvgIpc) is 2.88. The minimum Gasteiger partial charge on any atom is -0.496 e. The number of anilines is 1. The van der Waals surface area contributed by atoms with E-state index in [1.807, 2.05) is 0 Å². The summed E-state index contributed by atoms with van der Waals surface area (Å²) >= 11 is 0. The summed E-state index contributed by atoms with van der Waals surface area (Å²) in [5.41, 5.74) is 0.843.